The van der Waals surface area contributed by atoms with E-state index in [0.29, 0.717) is 6.54 Å². The van der Waals surface area contributed by atoms with Crippen LogP contribution in [-0.4, -0.2) is 37.2 Å². The second-order valence-electron chi connectivity index (χ2n) is 5.01. The quantitative estimate of drug-likeness (QED) is 0.414. The maximum Gasteiger partial charge on any atom is 0.121 e. The van der Waals surface area contributed by atoms with Gasteiger partial charge in [0.25, 0.3) is 0 Å². The second-order valence-corrected chi connectivity index (χ2v) is 8.12. The minimum atomic E-state index is -4.20. The minimum Gasteiger partial charge on any atom is -0.748 e. The first-order valence-electron chi connectivity index (χ1n) is 7.15. The monoisotopic (exact) mass is 372 g/mol. The Balaban J connectivity index is 2.27. The van der Waals surface area contributed by atoms with Crippen LogP contribution in [0.1, 0.15) is 19.8 Å². The number of thioether (sulfide) groups is 1. The zero-order valence-corrected chi connectivity index (χ0v) is 15.4. The summed E-state index contributed by atoms with van der Waals surface area (Å²) in [7, 11) is -2.61. The molecule has 0 aliphatic carbocycles. The van der Waals surface area contributed by atoms with Crippen LogP contribution in [0.5, 0.6) is 5.75 Å². The standard InChI is InChI=1S/C15H19NO4S3/c1-3-12(21)10-15-16(7-4-8-23(17,18)19)13-9-11(20-2)5-6-14(13)22-15/h5-6,9-10H,3-4,7-8H2,1-2H3,(H,17,18,19)/p-1/b15-10-. The summed E-state index contributed by atoms with van der Waals surface area (Å²) in [5, 5.41) is 0.948. The molecule has 1 aromatic rings. The zero-order chi connectivity index (χ0) is 17.0. The third-order valence-electron chi connectivity index (χ3n) is 3.35. The number of nitrogens with zero attached hydrogens (tertiary/aromatic N) is 1. The molecular weight excluding hydrogens is 354 g/mol. The molecule has 1 aliphatic heterocycles. The lowest BCUT2D eigenvalue weighted by Gasteiger charge is -2.21. The number of benzene rings is 1. The van der Waals surface area contributed by atoms with Gasteiger partial charge in [0, 0.05) is 28.1 Å². The van der Waals surface area contributed by atoms with Crippen LogP contribution in [0, 0.1) is 0 Å². The molecule has 23 heavy (non-hydrogen) atoms. The van der Waals surface area contributed by atoms with Crippen molar-refractivity contribution in [1.29, 1.82) is 0 Å². The predicted molar refractivity (Wildman–Crippen MR) is 96.4 cm³/mol. The lowest BCUT2D eigenvalue weighted by atomic mass is 10.2. The SMILES string of the molecule is CCC(=S)/C=C1\Sc2ccc(OC)cc2N1CCCS(=O)(=O)[O-]. The van der Waals surface area contributed by atoms with Gasteiger partial charge in [-0.2, -0.15) is 0 Å². The lowest BCUT2D eigenvalue weighted by Crippen LogP contribution is -2.22. The summed E-state index contributed by atoms with van der Waals surface area (Å²) in [5.41, 5.74) is 0.947. The van der Waals surface area contributed by atoms with Crippen molar-refractivity contribution in [3.05, 3.63) is 29.3 Å². The molecule has 0 saturated heterocycles. The van der Waals surface area contributed by atoms with Crippen LogP contribution in [0.15, 0.2) is 34.2 Å². The van der Waals surface area contributed by atoms with Crippen molar-refractivity contribution in [1.82, 2.24) is 0 Å². The maximum atomic E-state index is 10.8. The van der Waals surface area contributed by atoms with Gasteiger partial charge in [0.15, 0.2) is 0 Å². The molecule has 0 aromatic heterocycles. The van der Waals surface area contributed by atoms with Crippen LogP contribution in [0.3, 0.4) is 0 Å². The van der Waals surface area contributed by atoms with Crippen molar-refractivity contribution in [2.45, 2.75) is 24.7 Å². The van der Waals surface area contributed by atoms with Gasteiger partial charge in [-0.25, -0.2) is 8.42 Å². The van der Waals surface area contributed by atoms with E-state index in [0.717, 1.165) is 32.6 Å². The first-order chi connectivity index (χ1) is 10.8. The zero-order valence-electron chi connectivity index (χ0n) is 12.9. The number of hydrogen-bond acceptors (Lipinski definition) is 7. The van der Waals surface area contributed by atoms with Gasteiger partial charge in [0.2, 0.25) is 0 Å². The molecule has 1 heterocycles. The number of anilines is 1. The van der Waals surface area contributed by atoms with Crippen molar-refractivity contribution >= 4 is 44.6 Å². The first kappa shape index (κ1) is 18.3. The average Bonchev–Trinajstić information content (AvgIpc) is 2.82. The van der Waals surface area contributed by atoms with Crippen molar-refractivity contribution in [2.75, 3.05) is 24.3 Å². The number of allylic oxidation sites excluding steroid dienone is 1. The molecule has 126 valence electrons. The number of ether oxygens (including phenoxy) is 1. The highest BCUT2D eigenvalue weighted by molar-refractivity contribution is 8.03. The molecular formula is C15H18NO4S3-. The largest absolute Gasteiger partial charge is 0.748 e. The summed E-state index contributed by atoms with van der Waals surface area (Å²) in [4.78, 5) is 3.88. The Kier molecular flexibility index (Phi) is 6.07. The van der Waals surface area contributed by atoms with Crippen LogP contribution in [0.4, 0.5) is 5.69 Å². The Hall–Kier alpha value is -1.09. The van der Waals surface area contributed by atoms with Gasteiger partial charge in [0.1, 0.15) is 5.75 Å². The van der Waals surface area contributed by atoms with Crippen molar-refractivity contribution in [3.63, 3.8) is 0 Å². The Morgan fingerprint density at radius 1 is 1.48 bits per heavy atom. The lowest BCUT2D eigenvalue weighted by molar-refractivity contribution is 0.414. The number of thiocarbonyl (C=S) groups is 1. The summed E-state index contributed by atoms with van der Waals surface area (Å²) in [6.07, 6.45) is 2.96. The van der Waals surface area contributed by atoms with Crippen LogP contribution in [0.2, 0.25) is 0 Å². The van der Waals surface area contributed by atoms with Crippen LogP contribution < -0.4 is 9.64 Å². The Morgan fingerprint density at radius 2 is 2.22 bits per heavy atom. The van der Waals surface area contributed by atoms with Crippen LogP contribution >= 0.6 is 24.0 Å². The van der Waals surface area contributed by atoms with Crippen LogP contribution in [0.25, 0.3) is 0 Å². The smallest absolute Gasteiger partial charge is 0.121 e. The van der Waals surface area contributed by atoms with Crippen molar-refractivity contribution in [2.24, 2.45) is 0 Å². The topological polar surface area (TPSA) is 69.7 Å². The molecule has 5 nitrogen and oxygen atoms in total. The maximum absolute atomic E-state index is 10.8. The summed E-state index contributed by atoms with van der Waals surface area (Å²) < 4.78 is 37.7. The molecule has 1 aliphatic rings. The summed E-state index contributed by atoms with van der Waals surface area (Å²) in [5.74, 6) is 0.351. The fraction of sp³-hybridized carbons (Fsp3) is 0.400. The Bertz CT molecular complexity index is 728. The van der Waals surface area contributed by atoms with E-state index in [9.17, 15) is 13.0 Å². The van der Waals surface area contributed by atoms with Crippen molar-refractivity contribution in [3.8, 4) is 5.75 Å². The fourth-order valence-electron chi connectivity index (χ4n) is 2.19. The number of fused-ring (bicyclic) bond motifs is 1. The molecule has 2 rings (SSSR count). The predicted octanol–water partition coefficient (Wildman–Crippen LogP) is 3.16. The highest BCUT2D eigenvalue weighted by atomic mass is 32.2. The normalized spacial score (nSPS) is 15.8. The fourth-order valence-corrected chi connectivity index (χ4v) is 3.99. The molecule has 0 bridgehead atoms. The first-order valence-corrected chi connectivity index (χ1v) is 9.96. The van der Waals surface area contributed by atoms with E-state index in [2.05, 4.69) is 0 Å². The molecule has 0 fully saturated rings. The van der Waals surface area contributed by atoms with E-state index < -0.39 is 10.1 Å². The van der Waals surface area contributed by atoms with E-state index in [1.165, 1.54) is 0 Å². The second kappa shape index (κ2) is 7.65. The Labute approximate surface area is 146 Å². The number of hydrogen-bond donors (Lipinski definition) is 0. The minimum absolute atomic E-state index is 0.263. The van der Waals surface area contributed by atoms with Gasteiger partial charge in [0.05, 0.1) is 27.9 Å². The molecule has 0 spiro atoms. The summed E-state index contributed by atoms with van der Waals surface area (Å²) >= 11 is 6.87. The molecule has 0 unspecified atom stereocenters. The number of rotatable bonds is 7. The average molecular weight is 373 g/mol. The van der Waals surface area contributed by atoms with Crippen molar-refractivity contribution < 1.29 is 17.7 Å². The summed E-state index contributed by atoms with van der Waals surface area (Å²) in [6.45, 7) is 2.43. The van der Waals surface area contributed by atoms with E-state index in [1.807, 2.05) is 36.1 Å². The highest BCUT2D eigenvalue weighted by Gasteiger charge is 2.25. The molecule has 8 heteroatoms. The highest BCUT2D eigenvalue weighted by Crippen LogP contribution is 2.47. The third-order valence-corrected chi connectivity index (χ3v) is 5.65. The van der Waals surface area contributed by atoms with E-state index in [1.54, 1.807) is 18.9 Å². The van der Waals surface area contributed by atoms with Crippen LogP contribution in [-0.2, 0) is 10.1 Å². The molecule has 0 radical (unpaired) electrons. The molecule has 0 N–H and O–H groups in total. The molecule has 0 saturated carbocycles. The van der Waals surface area contributed by atoms with Gasteiger partial charge in [-0.3, -0.25) is 0 Å². The molecule has 0 atom stereocenters. The third kappa shape index (κ3) is 4.94. The Morgan fingerprint density at radius 3 is 2.83 bits per heavy atom. The van der Waals surface area contributed by atoms with Gasteiger partial charge in [-0.05, 0) is 31.1 Å². The van der Waals surface area contributed by atoms with E-state index >= 15 is 0 Å². The number of methoxy groups -OCH3 is 1. The molecule has 0 amide bonds. The van der Waals surface area contributed by atoms with Gasteiger partial charge in [-0.1, -0.05) is 30.9 Å². The summed E-state index contributed by atoms with van der Waals surface area (Å²) in [6, 6.07) is 5.75. The van der Waals surface area contributed by atoms with Gasteiger partial charge in [-0.15, -0.1) is 0 Å². The molecule has 1 aromatic carbocycles. The van der Waals surface area contributed by atoms with E-state index in [4.69, 9.17) is 17.0 Å². The van der Waals surface area contributed by atoms with Gasteiger partial charge < -0.3 is 14.2 Å². The van der Waals surface area contributed by atoms with Gasteiger partial charge >= 0.3 is 0 Å². The van der Waals surface area contributed by atoms with E-state index in [-0.39, 0.29) is 12.2 Å².